The second kappa shape index (κ2) is 9.10. The number of hydrogen-bond acceptors (Lipinski definition) is 5. The van der Waals surface area contributed by atoms with Crippen LogP contribution >= 0.6 is 0 Å². The molecule has 2 aromatic carbocycles. The summed E-state index contributed by atoms with van der Waals surface area (Å²) in [7, 11) is 4.14. The lowest BCUT2D eigenvalue weighted by atomic mass is 10.1. The third-order valence-corrected chi connectivity index (χ3v) is 4.38. The second-order valence-electron chi connectivity index (χ2n) is 6.88. The summed E-state index contributed by atoms with van der Waals surface area (Å²) in [4.78, 5) is 17.3. The van der Waals surface area contributed by atoms with Gasteiger partial charge in [-0.1, -0.05) is 24.3 Å². The molecule has 144 valence electrons. The number of nitro benzene ring substituents is 1. The number of hydrogen-bond donors (Lipinski definition) is 1. The first-order chi connectivity index (χ1) is 13.5. The fourth-order valence-corrected chi connectivity index (χ4v) is 2.93. The molecule has 28 heavy (non-hydrogen) atoms. The van der Waals surface area contributed by atoms with Crippen LogP contribution in [0.15, 0.2) is 54.6 Å². The smallest absolute Gasteiger partial charge is 0.269 e. The van der Waals surface area contributed by atoms with E-state index in [1.807, 2.05) is 36.4 Å². The average Bonchev–Trinajstić information content (AvgIpc) is 2.69. The maximum Gasteiger partial charge on any atom is 0.269 e. The van der Waals surface area contributed by atoms with Gasteiger partial charge in [-0.25, -0.2) is 4.98 Å². The van der Waals surface area contributed by atoms with E-state index < -0.39 is 4.92 Å². The van der Waals surface area contributed by atoms with Gasteiger partial charge in [0.2, 0.25) is 0 Å². The van der Waals surface area contributed by atoms with E-state index in [4.69, 9.17) is 4.98 Å². The first-order valence-electron chi connectivity index (χ1n) is 9.24. The molecular formula is C22H24N4O2. The van der Waals surface area contributed by atoms with Crippen LogP contribution in [-0.2, 0) is 0 Å². The number of pyridine rings is 1. The van der Waals surface area contributed by atoms with Crippen molar-refractivity contribution in [2.24, 2.45) is 0 Å². The van der Waals surface area contributed by atoms with Gasteiger partial charge in [0.15, 0.2) is 0 Å². The molecule has 0 aliphatic rings. The number of rotatable bonds is 8. The Balaban J connectivity index is 1.81. The number of benzene rings is 2. The van der Waals surface area contributed by atoms with Gasteiger partial charge < -0.3 is 10.2 Å². The molecule has 0 saturated heterocycles. The van der Waals surface area contributed by atoms with Gasteiger partial charge in [-0.15, -0.1) is 0 Å². The monoisotopic (exact) mass is 376 g/mol. The highest BCUT2D eigenvalue weighted by Gasteiger charge is 2.05. The Kier molecular flexibility index (Phi) is 6.34. The Bertz CT molecular complexity index is 981. The molecule has 6 nitrogen and oxygen atoms in total. The molecule has 0 saturated carbocycles. The van der Waals surface area contributed by atoms with Crippen LogP contribution in [0.4, 0.5) is 11.4 Å². The van der Waals surface area contributed by atoms with E-state index in [9.17, 15) is 10.1 Å². The highest BCUT2D eigenvalue weighted by Crippen LogP contribution is 2.24. The van der Waals surface area contributed by atoms with Crippen LogP contribution in [0, 0.1) is 10.1 Å². The molecule has 1 aromatic heterocycles. The Morgan fingerprint density at radius 2 is 1.86 bits per heavy atom. The SMILES string of the molecule is CN(C)CCCNc1cc(/C=C\c2ccc([N+](=O)[O-])cc2)nc2ccccc12. The lowest BCUT2D eigenvalue weighted by Gasteiger charge is -2.13. The molecule has 0 aliphatic carbocycles. The Morgan fingerprint density at radius 3 is 2.57 bits per heavy atom. The molecule has 0 aliphatic heterocycles. The molecule has 0 atom stereocenters. The van der Waals surface area contributed by atoms with Gasteiger partial charge in [-0.2, -0.15) is 0 Å². The lowest BCUT2D eigenvalue weighted by molar-refractivity contribution is -0.384. The van der Waals surface area contributed by atoms with Crippen molar-refractivity contribution in [1.82, 2.24) is 9.88 Å². The molecular weight excluding hydrogens is 352 g/mol. The molecule has 6 heteroatoms. The summed E-state index contributed by atoms with van der Waals surface area (Å²) in [6, 6.07) is 16.6. The van der Waals surface area contributed by atoms with Crippen molar-refractivity contribution in [2.75, 3.05) is 32.5 Å². The van der Waals surface area contributed by atoms with Crippen LogP contribution in [0.25, 0.3) is 23.1 Å². The van der Waals surface area contributed by atoms with Crippen LogP contribution in [0.5, 0.6) is 0 Å². The minimum Gasteiger partial charge on any atom is -0.384 e. The molecule has 0 bridgehead atoms. The summed E-state index contributed by atoms with van der Waals surface area (Å²) in [6.45, 7) is 1.92. The van der Waals surface area contributed by atoms with E-state index in [1.54, 1.807) is 12.1 Å². The first kappa shape index (κ1) is 19.5. The topological polar surface area (TPSA) is 71.3 Å². The van der Waals surface area contributed by atoms with Crippen molar-refractivity contribution in [3.05, 3.63) is 76.0 Å². The minimum atomic E-state index is -0.396. The molecule has 3 rings (SSSR count). The van der Waals surface area contributed by atoms with Crippen LogP contribution < -0.4 is 5.32 Å². The van der Waals surface area contributed by atoms with Gasteiger partial charge in [0.1, 0.15) is 0 Å². The minimum absolute atomic E-state index is 0.0881. The van der Waals surface area contributed by atoms with Crippen molar-refractivity contribution in [2.45, 2.75) is 6.42 Å². The fourth-order valence-electron chi connectivity index (χ4n) is 2.93. The van der Waals surface area contributed by atoms with Crippen molar-refractivity contribution in [3.8, 4) is 0 Å². The number of nitro groups is 1. The van der Waals surface area contributed by atoms with E-state index in [0.717, 1.165) is 47.4 Å². The summed E-state index contributed by atoms with van der Waals surface area (Å²) in [5.41, 5.74) is 3.81. The molecule has 0 amide bonds. The van der Waals surface area contributed by atoms with Crippen LogP contribution in [-0.4, -0.2) is 42.0 Å². The molecule has 0 radical (unpaired) electrons. The van der Waals surface area contributed by atoms with Crippen molar-refractivity contribution >= 4 is 34.4 Å². The summed E-state index contributed by atoms with van der Waals surface area (Å²) < 4.78 is 0. The van der Waals surface area contributed by atoms with Gasteiger partial charge in [0.05, 0.1) is 16.1 Å². The summed E-state index contributed by atoms with van der Waals surface area (Å²) in [5, 5.41) is 15.4. The van der Waals surface area contributed by atoms with Crippen LogP contribution in [0.3, 0.4) is 0 Å². The average molecular weight is 376 g/mol. The maximum absolute atomic E-state index is 10.8. The molecule has 0 fully saturated rings. The third-order valence-electron chi connectivity index (χ3n) is 4.38. The van der Waals surface area contributed by atoms with Crippen molar-refractivity contribution in [3.63, 3.8) is 0 Å². The number of aromatic nitrogens is 1. The van der Waals surface area contributed by atoms with Crippen LogP contribution in [0.2, 0.25) is 0 Å². The van der Waals surface area contributed by atoms with E-state index in [-0.39, 0.29) is 5.69 Å². The van der Waals surface area contributed by atoms with Crippen molar-refractivity contribution in [1.29, 1.82) is 0 Å². The normalized spacial score (nSPS) is 11.4. The third kappa shape index (κ3) is 5.14. The first-order valence-corrected chi connectivity index (χ1v) is 9.24. The van der Waals surface area contributed by atoms with Gasteiger partial charge in [-0.3, -0.25) is 10.1 Å². The molecule has 3 aromatic rings. The Hall–Kier alpha value is -3.25. The number of para-hydroxylation sites is 1. The Labute approximate surface area is 164 Å². The van der Waals surface area contributed by atoms with E-state index >= 15 is 0 Å². The van der Waals surface area contributed by atoms with Crippen molar-refractivity contribution < 1.29 is 4.92 Å². The summed E-state index contributed by atoms with van der Waals surface area (Å²) in [5.74, 6) is 0. The Morgan fingerprint density at radius 1 is 1.11 bits per heavy atom. The van der Waals surface area contributed by atoms with Gasteiger partial charge >= 0.3 is 0 Å². The zero-order valence-electron chi connectivity index (χ0n) is 16.1. The maximum atomic E-state index is 10.8. The van der Waals surface area contributed by atoms with Gasteiger partial charge in [0, 0.05) is 29.8 Å². The van der Waals surface area contributed by atoms with Crippen LogP contribution in [0.1, 0.15) is 17.7 Å². The van der Waals surface area contributed by atoms with Gasteiger partial charge in [-0.05, 0) is 63.0 Å². The number of nitrogens with one attached hydrogen (secondary N) is 1. The molecule has 0 spiro atoms. The highest BCUT2D eigenvalue weighted by atomic mass is 16.6. The largest absolute Gasteiger partial charge is 0.384 e. The van der Waals surface area contributed by atoms with E-state index in [0.29, 0.717) is 0 Å². The second-order valence-corrected chi connectivity index (χ2v) is 6.88. The number of non-ortho nitro benzene ring substituents is 1. The highest BCUT2D eigenvalue weighted by molar-refractivity contribution is 5.92. The summed E-state index contributed by atoms with van der Waals surface area (Å²) in [6.07, 6.45) is 4.90. The molecule has 1 N–H and O–H groups in total. The van der Waals surface area contributed by atoms with E-state index in [1.165, 1.54) is 12.1 Å². The number of nitrogens with zero attached hydrogens (tertiary/aromatic N) is 3. The standard InChI is InChI=1S/C22H24N4O2/c1-25(2)15-5-14-23-22-16-18(24-21-7-4-3-6-20(21)22)11-8-17-9-12-19(13-10-17)26(27)28/h3-4,6-13,16H,5,14-15H2,1-2H3,(H,23,24)/b11-8-. The predicted molar refractivity (Wildman–Crippen MR) is 115 cm³/mol. The number of fused-ring (bicyclic) bond motifs is 1. The molecule has 0 unspecified atom stereocenters. The zero-order chi connectivity index (χ0) is 19.9. The van der Waals surface area contributed by atoms with Gasteiger partial charge in [0.25, 0.3) is 5.69 Å². The number of anilines is 1. The predicted octanol–water partition coefficient (Wildman–Crippen LogP) is 4.68. The zero-order valence-corrected chi connectivity index (χ0v) is 16.1. The lowest BCUT2D eigenvalue weighted by Crippen LogP contribution is -2.16. The van der Waals surface area contributed by atoms with E-state index in [2.05, 4.69) is 30.4 Å². The molecule has 1 heterocycles. The fraction of sp³-hybridized carbons (Fsp3) is 0.227. The quantitative estimate of drug-likeness (QED) is 0.351. The summed E-state index contributed by atoms with van der Waals surface area (Å²) >= 11 is 0.